The summed E-state index contributed by atoms with van der Waals surface area (Å²) in [5.41, 5.74) is 4.17. The van der Waals surface area contributed by atoms with Crippen LogP contribution in [0.15, 0.2) is 65.0 Å². The number of allylic oxidation sites excluding steroid dienone is 3. The first-order valence-electron chi connectivity index (χ1n) is 12.2. The van der Waals surface area contributed by atoms with Gasteiger partial charge in [-0.05, 0) is 60.6 Å². The largest absolute Gasteiger partial charge is 0.504 e. The standard InChI is InChI=1S/C29H33NO6/c1-16(2)15-36-29(33)26-17(3)30-22-12-20(18-6-9-21(34-4)10-7-18)13-24(32)28(22)27(26)19-8-11-23(31)25(14-19)35-5/h6-11,14,16,20,27,30-31H,12-13,15H2,1-5H3/t20-,27+/m1/s1. The molecule has 0 bridgehead atoms. The second-order valence-electron chi connectivity index (χ2n) is 9.71. The van der Waals surface area contributed by atoms with Crippen LogP contribution >= 0.6 is 0 Å². The van der Waals surface area contributed by atoms with Gasteiger partial charge in [0.1, 0.15) is 5.75 Å². The molecule has 1 aliphatic carbocycles. The van der Waals surface area contributed by atoms with Crippen molar-refractivity contribution in [2.75, 3.05) is 20.8 Å². The third kappa shape index (κ3) is 4.96. The Bertz CT molecular complexity index is 1220. The predicted molar refractivity (Wildman–Crippen MR) is 136 cm³/mol. The molecule has 0 radical (unpaired) electrons. The Balaban J connectivity index is 1.77. The van der Waals surface area contributed by atoms with Crippen LogP contribution in [0.25, 0.3) is 0 Å². The molecule has 2 aromatic rings. The zero-order valence-corrected chi connectivity index (χ0v) is 21.4. The molecule has 0 spiro atoms. The summed E-state index contributed by atoms with van der Waals surface area (Å²) in [7, 11) is 3.09. The maximum absolute atomic E-state index is 13.7. The van der Waals surface area contributed by atoms with E-state index in [1.54, 1.807) is 19.2 Å². The van der Waals surface area contributed by atoms with Crippen LogP contribution < -0.4 is 14.8 Å². The third-order valence-electron chi connectivity index (χ3n) is 6.72. The highest BCUT2D eigenvalue weighted by Gasteiger charge is 2.41. The van der Waals surface area contributed by atoms with Gasteiger partial charge in [0, 0.05) is 29.3 Å². The number of ketones is 1. The van der Waals surface area contributed by atoms with E-state index in [4.69, 9.17) is 14.2 Å². The van der Waals surface area contributed by atoms with Gasteiger partial charge < -0.3 is 24.6 Å². The van der Waals surface area contributed by atoms with Crippen molar-refractivity contribution < 1.29 is 28.9 Å². The second-order valence-corrected chi connectivity index (χ2v) is 9.71. The summed E-state index contributed by atoms with van der Waals surface area (Å²) in [5, 5.41) is 13.5. The van der Waals surface area contributed by atoms with E-state index in [0.717, 1.165) is 17.0 Å². The lowest BCUT2D eigenvalue weighted by Gasteiger charge is -2.37. The summed E-state index contributed by atoms with van der Waals surface area (Å²) in [6.07, 6.45) is 0.955. The number of phenolic OH excluding ortho intramolecular Hbond substituents is 1. The minimum atomic E-state index is -0.625. The minimum Gasteiger partial charge on any atom is -0.504 e. The van der Waals surface area contributed by atoms with Crippen molar-refractivity contribution in [2.45, 2.75) is 45.4 Å². The summed E-state index contributed by atoms with van der Waals surface area (Å²) >= 11 is 0. The normalized spacial score (nSPS) is 19.7. The van der Waals surface area contributed by atoms with E-state index >= 15 is 0 Å². The van der Waals surface area contributed by atoms with Gasteiger partial charge in [-0.1, -0.05) is 32.0 Å². The van der Waals surface area contributed by atoms with Crippen molar-refractivity contribution >= 4 is 11.8 Å². The van der Waals surface area contributed by atoms with E-state index in [0.29, 0.717) is 35.2 Å². The number of benzene rings is 2. The Kier molecular flexibility index (Phi) is 7.38. The minimum absolute atomic E-state index is 0.00639. The van der Waals surface area contributed by atoms with Gasteiger partial charge in [0.2, 0.25) is 0 Å². The summed E-state index contributed by atoms with van der Waals surface area (Å²) in [4.78, 5) is 27.0. The SMILES string of the molecule is COc1ccc([C@H]2CC(=O)C3=C(C2)NC(C)=C(C(=O)OCC(C)C)[C@@H]3c2ccc(O)c(OC)c2)cc1. The molecular weight excluding hydrogens is 458 g/mol. The smallest absolute Gasteiger partial charge is 0.336 e. The fourth-order valence-electron chi connectivity index (χ4n) is 4.95. The quantitative estimate of drug-likeness (QED) is 0.528. The van der Waals surface area contributed by atoms with Crippen molar-refractivity contribution in [1.29, 1.82) is 0 Å². The van der Waals surface area contributed by atoms with Crippen LogP contribution in [0.1, 0.15) is 56.6 Å². The van der Waals surface area contributed by atoms with Crippen LogP contribution in [0.2, 0.25) is 0 Å². The van der Waals surface area contributed by atoms with Gasteiger partial charge in [0.05, 0.1) is 26.4 Å². The number of hydrogen-bond acceptors (Lipinski definition) is 7. The van der Waals surface area contributed by atoms with E-state index in [9.17, 15) is 14.7 Å². The van der Waals surface area contributed by atoms with Gasteiger partial charge >= 0.3 is 5.97 Å². The maximum atomic E-state index is 13.7. The highest BCUT2D eigenvalue weighted by atomic mass is 16.5. The Hall–Kier alpha value is -3.74. The number of aromatic hydroxyl groups is 1. The molecule has 2 atom stereocenters. The first kappa shape index (κ1) is 25.4. The molecule has 4 rings (SSSR count). The molecule has 2 aliphatic rings. The van der Waals surface area contributed by atoms with Crippen molar-refractivity contribution in [3.8, 4) is 17.2 Å². The molecule has 7 nitrogen and oxygen atoms in total. The van der Waals surface area contributed by atoms with Gasteiger partial charge in [-0.3, -0.25) is 4.79 Å². The highest BCUT2D eigenvalue weighted by Crippen LogP contribution is 2.47. The van der Waals surface area contributed by atoms with Gasteiger partial charge in [0.15, 0.2) is 17.3 Å². The zero-order valence-electron chi connectivity index (χ0n) is 21.4. The molecule has 0 aromatic heterocycles. The van der Waals surface area contributed by atoms with Gasteiger partial charge in [-0.2, -0.15) is 0 Å². The van der Waals surface area contributed by atoms with Crippen molar-refractivity contribution in [1.82, 2.24) is 5.32 Å². The first-order valence-corrected chi connectivity index (χ1v) is 12.2. The molecule has 2 aromatic carbocycles. The van der Waals surface area contributed by atoms with Crippen LogP contribution in [-0.4, -0.2) is 37.7 Å². The number of esters is 1. The summed E-state index contributed by atoms with van der Waals surface area (Å²) in [6, 6.07) is 12.7. The molecular formula is C29H33NO6. The van der Waals surface area contributed by atoms with Crippen molar-refractivity contribution in [3.63, 3.8) is 0 Å². The number of Topliss-reactive ketones (excluding diaryl/α,β-unsaturated/α-hetero) is 1. The molecule has 1 heterocycles. The average molecular weight is 492 g/mol. The van der Waals surface area contributed by atoms with Crippen LogP contribution in [0.3, 0.4) is 0 Å². The molecule has 0 amide bonds. The lowest BCUT2D eigenvalue weighted by molar-refractivity contribution is -0.140. The molecule has 0 fully saturated rings. The van der Waals surface area contributed by atoms with Gasteiger partial charge in [0.25, 0.3) is 0 Å². The Morgan fingerprint density at radius 1 is 1.06 bits per heavy atom. The number of dihydropyridines is 1. The summed E-state index contributed by atoms with van der Waals surface area (Å²) < 4.78 is 16.2. The van der Waals surface area contributed by atoms with Crippen LogP contribution in [0.5, 0.6) is 17.2 Å². The second kappa shape index (κ2) is 10.5. The molecule has 1 aliphatic heterocycles. The fraction of sp³-hybridized carbons (Fsp3) is 0.379. The third-order valence-corrected chi connectivity index (χ3v) is 6.72. The molecule has 0 saturated heterocycles. The Labute approximate surface area is 211 Å². The number of methoxy groups -OCH3 is 2. The number of carbonyl (C=O) groups excluding carboxylic acids is 2. The van der Waals surface area contributed by atoms with E-state index in [-0.39, 0.29) is 35.7 Å². The topological polar surface area (TPSA) is 94.1 Å². The number of hydrogen-bond donors (Lipinski definition) is 2. The summed E-state index contributed by atoms with van der Waals surface area (Å²) in [6.45, 7) is 6.06. The average Bonchev–Trinajstić information content (AvgIpc) is 2.86. The molecule has 190 valence electrons. The van der Waals surface area contributed by atoms with E-state index in [1.165, 1.54) is 13.2 Å². The van der Waals surface area contributed by atoms with Crippen molar-refractivity contribution in [2.24, 2.45) is 5.92 Å². The Morgan fingerprint density at radius 2 is 1.75 bits per heavy atom. The lowest BCUT2D eigenvalue weighted by Crippen LogP contribution is -2.36. The van der Waals surface area contributed by atoms with E-state index in [1.807, 2.05) is 45.0 Å². The molecule has 7 heteroatoms. The monoisotopic (exact) mass is 491 g/mol. The van der Waals surface area contributed by atoms with E-state index in [2.05, 4.69) is 5.32 Å². The fourth-order valence-corrected chi connectivity index (χ4v) is 4.95. The van der Waals surface area contributed by atoms with Crippen LogP contribution in [0.4, 0.5) is 0 Å². The molecule has 36 heavy (non-hydrogen) atoms. The number of phenols is 1. The number of carbonyl (C=O) groups is 2. The molecule has 0 unspecified atom stereocenters. The molecule has 2 N–H and O–H groups in total. The first-order chi connectivity index (χ1) is 17.2. The summed E-state index contributed by atoms with van der Waals surface area (Å²) in [5.74, 6) is 0.108. The van der Waals surface area contributed by atoms with Gasteiger partial charge in [-0.15, -0.1) is 0 Å². The zero-order chi connectivity index (χ0) is 26.0. The number of ether oxygens (including phenoxy) is 3. The highest BCUT2D eigenvalue weighted by molar-refractivity contribution is 6.04. The lowest BCUT2D eigenvalue weighted by atomic mass is 9.71. The Morgan fingerprint density at radius 3 is 2.39 bits per heavy atom. The predicted octanol–water partition coefficient (Wildman–Crippen LogP) is 4.97. The van der Waals surface area contributed by atoms with E-state index < -0.39 is 11.9 Å². The van der Waals surface area contributed by atoms with Crippen LogP contribution in [0, 0.1) is 5.92 Å². The van der Waals surface area contributed by atoms with Gasteiger partial charge in [-0.25, -0.2) is 4.79 Å². The maximum Gasteiger partial charge on any atom is 0.336 e. The number of rotatable bonds is 7. The number of nitrogens with one attached hydrogen (secondary N) is 1. The van der Waals surface area contributed by atoms with Crippen molar-refractivity contribution in [3.05, 3.63) is 76.1 Å². The van der Waals surface area contributed by atoms with Crippen LogP contribution in [-0.2, 0) is 14.3 Å². The molecule has 0 saturated carbocycles.